The fourth-order valence-electron chi connectivity index (χ4n) is 2.85. The lowest BCUT2D eigenvalue weighted by Crippen LogP contribution is -2.33. The molecule has 0 atom stereocenters. The summed E-state index contributed by atoms with van der Waals surface area (Å²) >= 11 is 0. The quantitative estimate of drug-likeness (QED) is 0.576. The molecule has 2 amide bonds. The van der Waals surface area contributed by atoms with Crippen LogP contribution in [0.15, 0.2) is 42.5 Å². The molecular formula is C23H29FN2O5. The molecule has 0 aromatic heterocycles. The van der Waals surface area contributed by atoms with Crippen molar-refractivity contribution in [1.29, 1.82) is 0 Å². The molecule has 0 spiro atoms. The smallest absolute Gasteiger partial charge is 0.407 e. The lowest BCUT2D eigenvalue weighted by molar-refractivity contribution is 0.0525. The molecule has 0 aliphatic rings. The molecule has 0 bridgehead atoms. The molecular weight excluding hydrogens is 403 g/mol. The maximum atomic E-state index is 14.2. The van der Waals surface area contributed by atoms with Crippen molar-refractivity contribution in [1.82, 2.24) is 5.32 Å². The zero-order chi connectivity index (χ0) is 22.9. The normalized spacial score (nSPS) is 11.0. The molecule has 7 nitrogen and oxygen atoms in total. The first-order valence-corrected chi connectivity index (χ1v) is 10.0. The third-order valence-electron chi connectivity index (χ3n) is 4.05. The van der Waals surface area contributed by atoms with Gasteiger partial charge in [-0.3, -0.25) is 0 Å². The Bertz CT molecular complexity index is 882. The summed E-state index contributed by atoms with van der Waals surface area (Å²) in [5, 5.41) is 2.66. The van der Waals surface area contributed by atoms with E-state index in [1.807, 2.05) is 30.3 Å². The van der Waals surface area contributed by atoms with E-state index < -0.39 is 23.6 Å². The Kier molecular flexibility index (Phi) is 8.66. The highest BCUT2D eigenvalue weighted by molar-refractivity contribution is 5.67. The Morgan fingerprint density at radius 1 is 1.10 bits per heavy atom. The molecule has 2 aromatic carbocycles. The number of amides is 2. The van der Waals surface area contributed by atoms with Crippen LogP contribution in [0.3, 0.4) is 0 Å². The molecule has 0 radical (unpaired) electrons. The Morgan fingerprint density at radius 3 is 2.42 bits per heavy atom. The molecule has 2 rings (SSSR count). The van der Waals surface area contributed by atoms with E-state index in [0.717, 1.165) is 5.56 Å². The summed E-state index contributed by atoms with van der Waals surface area (Å²) in [5.74, 6) is -0.0308. The Hall–Kier alpha value is -3.29. The van der Waals surface area contributed by atoms with Gasteiger partial charge in [-0.2, -0.15) is 0 Å². The van der Waals surface area contributed by atoms with Crippen molar-refractivity contribution in [2.45, 2.75) is 45.8 Å². The second-order valence-corrected chi connectivity index (χ2v) is 7.95. The van der Waals surface area contributed by atoms with E-state index in [9.17, 15) is 14.0 Å². The molecule has 0 saturated carbocycles. The van der Waals surface area contributed by atoms with Gasteiger partial charge in [-0.05, 0) is 44.9 Å². The fraction of sp³-hybridized carbons (Fsp3) is 0.391. The van der Waals surface area contributed by atoms with Crippen LogP contribution in [-0.2, 0) is 22.5 Å². The summed E-state index contributed by atoms with van der Waals surface area (Å²) in [7, 11) is 0. The number of carbonyl (C=O) groups excluding carboxylic acids is 2. The van der Waals surface area contributed by atoms with Gasteiger partial charge in [0.25, 0.3) is 0 Å². The molecule has 0 unspecified atom stereocenters. The highest BCUT2D eigenvalue weighted by Gasteiger charge is 2.17. The molecule has 0 aliphatic carbocycles. The van der Waals surface area contributed by atoms with Crippen LogP contribution in [0.25, 0.3) is 0 Å². The Labute approximate surface area is 181 Å². The number of rotatable bonds is 9. The predicted octanol–water partition coefficient (Wildman–Crippen LogP) is 4.31. The Morgan fingerprint density at radius 2 is 1.77 bits per heavy atom. The van der Waals surface area contributed by atoms with E-state index in [-0.39, 0.29) is 13.2 Å². The van der Waals surface area contributed by atoms with E-state index in [2.05, 4.69) is 5.32 Å². The minimum absolute atomic E-state index is 0.208. The van der Waals surface area contributed by atoms with E-state index in [0.29, 0.717) is 36.3 Å². The summed E-state index contributed by atoms with van der Waals surface area (Å²) in [6.45, 7) is 5.75. The van der Waals surface area contributed by atoms with Gasteiger partial charge in [0.2, 0.25) is 0 Å². The minimum atomic E-state index is -0.957. The average molecular weight is 432 g/mol. The maximum absolute atomic E-state index is 14.2. The van der Waals surface area contributed by atoms with Crippen LogP contribution in [0.5, 0.6) is 5.75 Å². The van der Waals surface area contributed by atoms with E-state index >= 15 is 0 Å². The molecule has 0 heterocycles. The van der Waals surface area contributed by atoms with Crippen LogP contribution >= 0.6 is 0 Å². The van der Waals surface area contributed by atoms with Crippen molar-refractivity contribution < 1.29 is 28.2 Å². The fourth-order valence-corrected chi connectivity index (χ4v) is 2.85. The molecule has 0 aliphatic heterocycles. The number of nitrogens with one attached hydrogen (secondary N) is 1. The van der Waals surface area contributed by atoms with E-state index in [1.54, 1.807) is 20.8 Å². The van der Waals surface area contributed by atoms with E-state index in [4.69, 9.17) is 19.9 Å². The zero-order valence-corrected chi connectivity index (χ0v) is 18.1. The molecule has 31 heavy (non-hydrogen) atoms. The Balaban J connectivity index is 2.07. The number of ether oxygens (including phenoxy) is 3. The summed E-state index contributed by atoms with van der Waals surface area (Å²) in [4.78, 5) is 22.7. The summed E-state index contributed by atoms with van der Waals surface area (Å²) in [6, 6.07) is 12.2. The lowest BCUT2D eigenvalue weighted by Gasteiger charge is -2.20. The summed E-state index contributed by atoms with van der Waals surface area (Å²) in [5.41, 5.74) is 6.46. The van der Waals surface area contributed by atoms with Gasteiger partial charge in [-0.1, -0.05) is 30.3 Å². The number of nitrogens with two attached hydrogens (primary N) is 1. The van der Waals surface area contributed by atoms with Gasteiger partial charge >= 0.3 is 12.2 Å². The molecule has 8 heteroatoms. The van der Waals surface area contributed by atoms with Gasteiger partial charge in [0.15, 0.2) is 0 Å². The third kappa shape index (κ3) is 8.94. The number of benzene rings is 2. The molecule has 0 saturated heterocycles. The van der Waals surface area contributed by atoms with Gasteiger partial charge in [0.05, 0.1) is 6.61 Å². The van der Waals surface area contributed by atoms with Crippen LogP contribution in [0.2, 0.25) is 0 Å². The van der Waals surface area contributed by atoms with Gasteiger partial charge < -0.3 is 25.3 Å². The monoisotopic (exact) mass is 432 g/mol. The number of hydrogen-bond donors (Lipinski definition) is 2. The van der Waals surface area contributed by atoms with Crippen LogP contribution in [0.1, 0.15) is 43.9 Å². The van der Waals surface area contributed by atoms with Crippen LogP contribution in [0, 0.1) is 5.82 Å². The highest BCUT2D eigenvalue weighted by atomic mass is 19.1. The van der Waals surface area contributed by atoms with Gasteiger partial charge in [0.1, 0.15) is 23.8 Å². The largest absolute Gasteiger partial charge is 0.493 e. The zero-order valence-electron chi connectivity index (χ0n) is 18.1. The third-order valence-corrected chi connectivity index (χ3v) is 4.05. The summed E-state index contributed by atoms with van der Waals surface area (Å²) in [6.07, 6.45) is -0.526. The lowest BCUT2D eigenvalue weighted by atomic mass is 10.0. The maximum Gasteiger partial charge on any atom is 0.407 e. The molecule has 168 valence electrons. The van der Waals surface area contributed by atoms with Gasteiger partial charge in [-0.15, -0.1) is 0 Å². The standard InChI is InChI=1S/C23H29FN2O5/c1-23(2,3)31-22(28)26-10-7-11-29-20-17(12-16-8-5-4-6-9-16)13-19(24)14-18(20)15-30-21(25)27/h4-6,8-9,13-14H,7,10-12,15H2,1-3H3,(H2,25,27)(H,26,28). The molecule has 0 fully saturated rings. The average Bonchev–Trinajstić information content (AvgIpc) is 2.67. The number of hydrogen-bond acceptors (Lipinski definition) is 5. The van der Waals surface area contributed by atoms with E-state index in [1.165, 1.54) is 12.1 Å². The van der Waals surface area contributed by atoms with Crippen molar-refractivity contribution in [3.05, 3.63) is 65.0 Å². The number of halogens is 1. The first-order valence-electron chi connectivity index (χ1n) is 10.0. The summed E-state index contributed by atoms with van der Waals surface area (Å²) < 4.78 is 30.2. The first kappa shape index (κ1) is 24.0. The number of carbonyl (C=O) groups is 2. The predicted molar refractivity (Wildman–Crippen MR) is 114 cm³/mol. The topological polar surface area (TPSA) is 99.9 Å². The number of alkyl carbamates (subject to hydrolysis) is 1. The van der Waals surface area contributed by atoms with Gasteiger partial charge in [0, 0.05) is 24.1 Å². The molecule has 3 N–H and O–H groups in total. The van der Waals surface area contributed by atoms with Gasteiger partial charge in [-0.25, -0.2) is 14.0 Å². The highest BCUT2D eigenvalue weighted by Crippen LogP contribution is 2.29. The van der Waals surface area contributed by atoms with Crippen molar-refractivity contribution in [3.8, 4) is 5.75 Å². The second kappa shape index (κ2) is 11.2. The second-order valence-electron chi connectivity index (χ2n) is 7.95. The molecule has 2 aromatic rings. The number of primary amides is 1. The van der Waals surface area contributed by atoms with Crippen LogP contribution < -0.4 is 15.8 Å². The van der Waals surface area contributed by atoms with Crippen molar-refractivity contribution >= 4 is 12.2 Å². The first-order chi connectivity index (χ1) is 14.6. The van der Waals surface area contributed by atoms with Crippen molar-refractivity contribution in [2.24, 2.45) is 5.73 Å². The minimum Gasteiger partial charge on any atom is -0.493 e. The van der Waals surface area contributed by atoms with Crippen LogP contribution in [-0.4, -0.2) is 30.9 Å². The van der Waals surface area contributed by atoms with Crippen molar-refractivity contribution in [2.75, 3.05) is 13.2 Å². The van der Waals surface area contributed by atoms with Crippen LogP contribution in [0.4, 0.5) is 14.0 Å². The van der Waals surface area contributed by atoms with Crippen molar-refractivity contribution in [3.63, 3.8) is 0 Å². The SMILES string of the molecule is CC(C)(C)OC(=O)NCCCOc1c(COC(N)=O)cc(F)cc1Cc1ccccc1.